The number of thioether (sulfide) groups is 1. The van der Waals surface area contributed by atoms with Gasteiger partial charge in [0.15, 0.2) is 5.96 Å². The average Bonchev–Trinajstić information content (AvgIpc) is 2.63. The first-order valence-electron chi connectivity index (χ1n) is 7.54. The molecule has 24 heavy (non-hydrogen) atoms. The fourth-order valence-electron chi connectivity index (χ4n) is 1.93. The van der Waals surface area contributed by atoms with Crippen LogP contribution in [0.4, 0.5) is 0 Å². The summed E-state index contributed by atoms with van der Waals surface area (Å²) in [5.74, 6) is 2.28. The number of pyridine rings is 1. The molecule has 0 aliphatic carbocycles. The zero-order chi connectivity index (χ0) is 17.2. The monoisotopic (exact) mass is 364 g/mol. The van der Waals surface area contributed by atoms with Crippen LogP contribution >= 0.6 is 23.4 Å². The van der Waals surface area contributed by atoms with Crippen LogP contribution in [-0.2, 0) is 6.54 Å². The van der Waals surface area contributed by atoms with Gasteiger partial charge >= 0.3 is 0 Å². The van der Waals surface area contributed by atoms with Crippen molar-refractivity contribution in [2.45, 2.75) is 11.4 Å². The molecule has 1 heterocycles. The minimum absolute atomic E-state index is 0.585. The molecule has 2 rings (SSSR count). The van der Waals surface area contributed by atoms with Crippen LogP contribution in [-0.4, -0.2) is 37.4 Å². The van der Waals surface area contributed by atoms with E-state index in [1.54, 1.807) is 25.9 Å². The lowest BCUT2D eigenvalue weighted by Gasteiger charge is -2.12. The summed E-state index contributed by atoms with van der Waals surface area (Å²) in [6.45, 7) is 1.39. The van der Waals surface area contributed by atoms with Gasteiger partial charge in [0.2, 0.25) is 5.88 Å². The highest BCUT2D eigenvalue weighted by Gasteiger charge is 2.01. The Kier molecular flexibility index (Phi) is 7.71. The number of nitrogens with zero attached hydrogens (tertiary/aromatic N) is 2. The minimum atomic E-state index is 0.585. The summed E-state index contributed by atoms with van der Waals surface area (Å²) in [6.07, 6.45) is 0. The molecule has 2 aromatic rings. The molecule has 0 aliphatic heterocycles. The molecule has 0 radical (unpaired) electrons. The van der Waals surface area contributed by atoms with Crippen LogP contribution in [0.3, 0.4) is 0 Å². The molecule has 0 spiro atoms. The molecule has 0 atom stereocenters. The van der Waals surface area contributed by atoms with Crippen molar-refractivity contribution < 1.29 is 4.74 Å². The molecule has 0 aliphatic rings. The molecule has 1 aromatic carbocycles. The van der Waals surface area contributed by atoms with Crippen LogP contribution < -0.4 is 15.4 Å². The summed E-state index contributed by atoms with van der Waals surface area (Å²) < 4.78 is 5.12. The zero-order valence-corrected chi connectivity index (χ0v) is 15.3. The molecule has 0 amide bonds. The summed E-state index contributed by atoms with van der Waals surface area (Å²) >= 11 is 7.65. The Bertz CT molecular complexity index is 664. The number of hydrogen-bond acceptors (Lipinski definition) is 4. The first kappa shape index (κ1) is 18.4. The zero-order valence-electron chi connectivity index (χ0n) is 13.8. The molecule has 2 N–H and O–H groups in total. The predicted octanol–water partition coefficient (Wildman–Crippen LogP) is 3.20. The highest BCUT2D eigenvalue weighted by Crippen LogP contribution is 2.19. The van der Waals surface area contributed by atoms with E-state index in [-0.39, 0.29) is 0 Å². The van der Waals surface area contributed by atoms with E-state index in [0.717, 1.165) is 29.0 Å². The Labute approximate surface area is 151 Å². The van der Waals surface area contributed by atoms with E-state index in [1.165, 1.54) is 4.90 Å². The lowest BCUT2D eigenvalue weighted by Crippen LogP contribution is -2.38. The number of methoxy groups -OCH3 is 1. The molecule has 128 valence electrons. The van der Waals surface area contributed by atoms with Crippen molar-refractivity contribution in [1.29, 1.82) is 0 Å². The highest BCUT2D eigenvalue weighted by molar-refractivity contribution is 7.99. The fourth-order valence-corrected chi connectivity index (χ4v) is 2.83. The van der Waals surface area contributed by atoms with Crippen molar-refractivity contribution in [2.24, 2.45) is 4.99 Å². The first-order valence-corrected chi connectivity index (χ1v) is 8.90. The molecule has 0 saturated carbocycles. The summed E-state index contributed by atoms with van der Waals surface area (Å²) in [5, 5.41) is 7.28. The minimum Gasteiger partial charge on any atom is -0.481 e. The van der Waals surface area contributed by atoms with Gasteiger partial charge < -0.3 is 15.4 Å². The van der Waals surface area contributed by atoms with Crippen LogP contribution in [0.15, 0.2) is 52.4 Å². The van der Waals surface area contributed by atoms with Gasteiger partial charge in [-0.1, -0.05) is 17.7 Å². The fraction of sp³-hybridized carbons (Fsp3) is 0.294. The molecule has 1 aromatic heterocycles. The largest absolute Gasteiger partial charge is 0.481 e. The predicted molar refractivity (Wildman–Crippen MR) is 101 cm³/mol. The highest BCUT2D eigenvalue weighted by atomic mass is 35.5. The van der Waals surface area contributed by atoms with Crippen molar-refractivity contribution in [1.82, 2.24) is 15.6 Å². The van der Waals surface area contributed by atoms with E-state index in [2.05, 4.69) is 20.6 Å². The summed E-state index contributed by atoms with van der Waals surface area (Å²) in [7, 11) is 3.36. The molecule has 5 nitrogen and oxygen atoms in total. The van der Waals surface area contributed by atoms with Crippen LogP contribution in [0.1, 0.15) is 5.69 Å². The number of aliphatic imine (C=N–C) groups is 1. The maximum atomic E-state index is 5.88. The standard InChI is InChI=1S/C17H21ClN4OS/c1-19-17(21-12-14-4-3-5-16(22-14)23-2)20-10-11-24-15-8-6-13(18)7-9-15/h3-9H,10-12H2,1-2H3,(H2,19,20,21). The number of guanidine groups is 1. The number of benzene rings is 1. The smallest absolute Gasteiger partial charge is 0.213 e. The lowest BCUT2D eigenvalue weighted by atomic mass is 10.3. The number of hydrogen-bond donors (Lipinski definition) is 2. The molecular weight excluding hydrogens is 344 g/mol. The average molecular weight is 365 g/mol. The van der Waals surface area contributed by atoms with Crippen molar-refractivity contribution in [2.75, 3.05) is 26.5 Å². The van der Waals surface area contributed by atoms with Gasteiger partial charge in [0, 0.05) is 35.3 Å². The third kappa shape index (κ3) is 6.29. The molecule has 0 saturated heterocycles. The van der Waals surface area contributed by atoms with Crippen molar-refractivity contribution >= 4 is 29.3 Å². The summed E-state index contributed by atoms with van der Waals surface area (Å²) in [5.41, 5.74) is 0.896. The molecule has 0 unspecified atom stereocenters. The van der Waals surface area contributed by atoms with Crippen LogP contribution in [0.25, 0.3) is 0 Å². The maximum Gasteiger partial charge on any atom is 0.213 e. The molecule has 7 heteroatoms. The van der Waals surface area contributed by atoms with Crippen LogP contribution in [0.5, 0.6) is 5.88 Å². The van der Waals surface area contributed by atoms with Gasteiger partial charge in [-0.3, -0.25) is 4.99 Å². The van der Waals surface area contributed by atoms with E-state index in [4.69, 9.17) is 16.3 Å². The molecule has 0 bridgehead atoms. The Balaban J connectivity index is 1.71. The lowest BCUT2D eigenvalue weighted by molar-refractivity contribution is 0.396. The van der Waals surface area contributed by atoms with E-state index in [9.17, 15) is 0 Å². The van der Waals surface area contributed by atoms with Crippen molar-refractivity contribution in [3.05, 3.63) is 53.2 Å². The second-order valence-corrected chi connectivity index (χ2v) is 6.43. The summed E-state index contributed by atoms with van der Waals surface area (Å²) in [4.78, 5) is 9.77. The first-order chi connectivity index (χ1) is 11.7. The SMILES string of the molecule is CN=C(NCCSc1ccc(Cl)cc1)NCc1cccc(OC)n1. The van der Waals surface area contributed by atoms with Crippen LogP contribution in [0.2, 0.25) is 5.02 Å². The Morgan fingerprint density at radius 1 is 1.21 bits per heavy atom. The third-order valence-electron chi connectivity index (χ3n) is 3.13. The Morgan fingerprint density at radius 3 is 2.71 bits per heavy atom. The van der Waals surface area contributed by atoms with E-state index in [0.29, 0.717) is 12.4 Å². The van der Waals surface area contributed by atoms with E-state index >= 15 is 0 Å². The second kappa shape index (κ2) is 10.1. The van der Waals surface area contributed by atoms with Gasteiger partial charge in [-0.05, 0) is 30.3 Å². The van der Waals surface area contributed by atoms with Crippen molar-refractivity contribution in [3.63, 3.8) is 0 Å². The van der Waals surface area contributed by atoms with E-state index in [1.807, 2.05) is 42.5 Å². The number of ether oxygens (including phenoxy) is 1. The van der Waals surface area contributed by atoms with Gasteiger partial charge in [0.1, 0.15) is 0 Å². The molecule has 0 fully saturated rings. The Hall–Kier alpha value is -1.92. The topological polar surface area (TPSA) is 58.5 Å². The maximum absolute atomic E-state index is 5.88. The number of nitrogens with one attached hydrogen (secondary N) is 2. The van der Waals surface area contributed by atoms with Crippen molar-refractivity contribution in [3.8, 4) is 5.88 Å². The second-order valence-electron chi connectivity index (χ2n) is 4.83. The van der Waals surface area contributed by atoms with Gasteiger partial charge in [0.25, 0.3) is 0 Å². The van der Waals surface area contributed by atoms with Gasteiger partial charge in [-0.2, -0.15) is 0 Å². The quantitative estimate of drug-likeness (QED) is 0.342. The molecular formula is C17H21ClN4OS. The van der Waals surface area contributed by atoms with Crippen LogP contribution in [0, 0.1) is 0 Å². The normalized spacial score (nSPS) is 11.2. The number of aromatic nitrogens is 1. The van der Waals surface area contributed by atoms with Gasteiger partial charge in [0.05, 0.1) is 19.3 Å². The third-order valence-corrected chi connectivity index (χ3v) is 4.39. The summed E-state index contributed by atoms with van der Waals surface area (Å²) in [6, 6.07) is 13.5. The number of halogens is 1. The number of rotatable bonds is 7. The van der Waals surface area contributed by atoms with Gasteiger partial charge in [-0.15, -0.1) is 11.8 Å². The Morgan fingerprint density at radius 2 is 2.00 bits per heavy atom. The van der Waals surface area contributed by atoms with Gasteiger partial charge in [-0.25, -0.2) is 4.98 Å². The van der Waals surface area contributed by atoms with E-state index < -0.39 is 0 Å².